The lowest BCUT2D eigenvalue weighted by atomic mass is 10.1. The first kappa shape index (κ1) is 12.2. The predicted molar refractivity (Wildman–Crippen MR) is 74.8 cm³/mol. The van der Waals surface area contributed by atoms with Crippen LogP contribution in [-0.2, 0) is 0 Å². The standard InChI is InChI=1S/C14H10BrFN2O/c1-19-12-6-2-5-10(16)13(12)11-8-18-7-3-4-9(15)14(18)17-11/h2-8H,1H3. The molecule has 0 N–H and O–H groups in total. The molecule has 0 atom stereocenters. The molecule has 0 amide bonds. The van der Waals surface area contributed by atoms with E-state index >= 15 is 0 Å². The van der Waals surface area contributed by atoms with Crippen molar-refractivity contribution >= 4 is 21.6 Å². The molecule has 0 aliphatic heterocycles. The summed E-state index contributed by atoms with van der Waals surface area (Å²) in [4.78, 5) is 4.45. The average molecular weight is 321 g/mol. The predicted octanol–water partition coefficient (Wildman–Crippen LogP) is 3.91. The number of imidazole rings is 1. The maximum absolute atomic E-state index is 14.0. The second-order valence-corrected chi connectivity index (χ2v) is 4.88. The van der Waals surface area contributed by atoms with Gasteiger partial charge in [0, 0.05) is 12.4 Å². The van der Waals surface area contributed by atoms with Crippen molar-refractivity contribution in [3.8, 4) is 17.0 Å². The fourth-order valence-electron chi connectivity index (χ4n) is 2.02. The van der Waals surface area contributed by atoms with Crippen molar-refractivity contribution < 1.29 is 9.13 Å². The fraction of sp³-hybridized carbons (Fsp3) is 0.0714. The Morgan fingerprint density at radius 3 is 2.84 bits per heavy atom. The van der Waals surface area contributed by atoms with Gasteiger partial charge in [-0.3, -0.25) is 0 Å². The van der Waals surface area contributed by atoms with Crippen LogP contribution in [0.3, 0.4) is 0 Å². The van der Waals surface area contributed by atoms with Crippen LogP contribution < -0.4 is 4.74 Å². The third-order valence-corrected chi connectivity index (χ3v) is 3.51. The zero-order chi connectivity index (χ0) is 13.4. The van der Waals surface area contributed by atoms with Crippen LogP contribution in [0.2, 0.25) is 0 Å². The van der Waals surface area contributed by atoms with E-state index in [4.69, 9.17) is 4.74 Å². The summed E-state index contributed by atoms with van der Waals surface area (Å²) in [5, 5.41) is 0. The van der Waals surface area contributed by atoms with Gasteiger partial charge in [0.15, 0.2) is 5.65 Å². The SMILES string of the molecule is COc1cccc(F)c1-c1cn2cccc(Br)c2n1. The molecule has 0 bridgehead atoms. The molecule has 0 radical (unpaired) electrons. The second kappa shape index (κ2) is 4.66. The number of fused-ring (bicyclic) bond motifs is 1. The highest BCUT2D eigenvalue weighted by molar-refractivity contribution is 9.10. The molecular weight excluding hydrogens is 311 g/mol. The molecule has 2 aromatic heterocycles. The van der Waals surface area contributed by atoms with Gasteiger partial charge >= 0.3 is 0 Å². The Balaban J connectivity index is 2.28. The molecule has 96 valence electrons. The van der Waals surface area contributed by atoms with E-state index in [1.54, 1.807) is 18.3 Å². The van der Waals surface area contributed by atoms with Gasteiger partial charge < -0.3 is 9.14 Å². The maximum atomic E-state index is 14.0. The number of halogens is 2. The Morgan fingerprint density at radius 1 is 1.26 bits per heavy atom. The third-order valence-electron chi connectivity index (χ3n) is 2.89. The molecule has 0 aliphatic rings. The summed E-state index contributed by atoms with van der Waals surface area (Å²) < 4.78 is 21.9. The van der Waals surface area contributed by atoms with Crippen molar-refractivity contribution in [2.45, 2.75) is 0 Å². The summed E-state index contributed by atoms with van der Waals surface area (Å²) in [6.07, 6.45) is 3.64. The first-order valence-electron chi connectivity index (χ1n) is 5.67. The summed E-state index contributed by atoms with van der Waals surface area (Å²) >= 11 is 3.43. The molecule has 3 rings (SSSR count). The molecule has 0 aliphatic carbocycles. The van der Waals surface area contributed by atoms with Gasteiger partial charge in [0.2, 0.25) is 0 Å². The third kappa shape index (κ3) is 2.00. The zero-order valence-corrected chi connectivity index (χ0v) is 11.7. The van der Waals surface area contributed by atoms with Crippen LogP contribution in [0, 0.1) is 5.82 Å². The Morgan fingerprint density at radius 2 is 2.11 bits per heavy atom. The quantitative estimate of drug-likeness (QED) is 0.715. The molecule has 2 heterocycles. The number of benzene rings is 1. The van der Waals surface area contributed by atoms with Crippen LogP contribution in [0.25, 0.3) is 16.9 Å². The minimum atomic E-state index is -0.348. The van der Waals surface area contributed by atoms with Crippen LogP contribution in [0.5, 0.6) is 5.75 Å². The molecule has 19 heavy (non-hydrogen) atoms. The molecule has 0 spiro atoms. The molecule has 3 nitrogen and oxygen atoms in total. The summed E-state index contributed by atoms with van der Waals surface area (Å²) in [5.74, 6) is 0.124. The lowest BCUT2D eigenvalue weighted by Crippen LogP contribution is -1.91. The van der Waals surface area contributed by atoms with Crippen molar-refractivity contribution in [2.75, 3.05) is 7.11 Å². The normalized spacial score (nSPS) is 10.9. The molecule has 0 saturated carbocycles. The van der Waals surface area contributed by atoms with Gasteiger partial charge in [-0.25, -0.2) is 9.37 Å². The summed E-state index contributed by atoms with van der Waals surface area (Å²) in [5.41, 5.74) is 1.66. The highest BCUT2D eigenvalue weighted by Crippen LogP contribution is 2.32. The van der Waals surface area contributed by atoms with Gasteiger partial charge in [-0.15, -0.1) is 0 Å². The molecule has 0 unspecified atom stereocenters. The number of rotatable bonds is 2. The Labute approximate surface area is 117 Å². The Kier molecular flexibility index (Phi) is 2.98. The van der Waals surface area contributed by atoms with E-state index in [1.807, 2.05) is 22.7 Å². The van der Waals surface area contributed by atoms with E-state index in [0.29, 0.717) is 17.0 Å². The monoisotopic (exact) mass is 320 g/mol. The molecule has 0 saturated heterocycles. The van der Waals surface area contributed by atoms with E-state index in [1.165, 1.54) is 13.2 Å². The highest BCUT2D eigenvalue weighted by atomic mass is 79.9. The minimum absolute atomic E-state index is 0.348. The number of methoxy groups -OCH3 is 1. The number of aromatic nitrogens is 2. The van der Waals surface area contributed by atoms with Crippen molar-refractivity contribution in [2.24, 2.45) is 0 Å². The first-order valence-corrected chi connectivity index (χ1v) is 6.46. The Bertz CT molecular complexity index is 754. The molecule has 3 aromatic rings. The van der Waals surface area contributed by atoms with E-state index in [2.05, 4.69) is 20.9 Å². The number of pyridine rings is 1. The fourth-order valence-corrected chi connectivity index (χ4v) is 2.47. The lowest BCUT2D eigenvalue weighted by Gasteiger charge is -2.06. The van der Waals surface area contributed by atoms with Gasteiger partial charge in [0.1, 0.15) is 11.6 Å². The van der Waals surface area contributed by atoms with Gasteiger partial charge in [0.25, 0.3) is 0 Å². The number of ether oxygens (including phenoxy) is 1. The molecular formula is C14H10BrFN2O. The van der Waals surface area contributed by atoms with Gasteiger partial charge in [-0.05, 0) is 40.2 Å². The van der Waals surface area contributed by atoms with Crippen LogP contribution in [0.1, 0.15) is 0 Å². The second-order valence-electron chi connectivity index (χ2n) is 4.03. The van der Waals surface area contributed by atoms with Crippen LogP contribution >= 0.6 is 15.9 Å². The number of nitrogens with zero attached hydrogens (tertiary/aromatic N) is 2. The first-order chi connectivity index (χ1) is 9.20. The van der Waals surface area contributed by atoms with E-state index in [-0.39, 0.29) is 5.82 Å². The van der Waals surface area contributed by atoms with E-state index in [9.17, 15) is 4.39 Å². The molecule has 0 fully saturated rings. The Hall–Kier alpha value is -1.88. The summed E-state index contributed by atoms with van der Waals surface area (Å²) in [7, 11) is 1.52. The van der Waals surface area contributed by atoms with Crippen LogP contribution in [-0.4, -0.2) is 16.5 Å². The smallest absolute Gasteiger partial charge is 0.151 e. The van der Waals surface area contributed by atoms with Gasteiger partial charge in [-0.2, -0.15) is 0 Å². The van der Waals surface area contributed by atoms with Crippen molar-refractivity contribution in [1.82, 2.24) is 9.38 Å². The van der Waals surface area contributed by atoms with Crippen molar-refractivity contribution in [3.05, 3.63) is 53.0 Å². The van der Waals surface area contributed by atoms with Crippen LogP contribution in [0.4, 0.5) is 4.39 Å². The van der Waals surface area contributed by atoms with Gasteiger partial charge in [0.05, 0.1) is 22.8 Å². The minimum Gasteiger partial charge on any atom is -0.496 e. The van der Waals surface area contributed by atoms with E-state index in [0.717, 1.165) is 10.1 Å². The summed E-state index contributed by atoms with van der Waals surface area (Å²) in [6, 6.07) is 8.52. The average Bonchev–Trinajstić information content (AvgIpc) is 2.83. The van der Waals surface area contributed by atoms with Gasteiger partial charge in [-0.1, -0.05) is 6.07 Å². The molecule has 1 aromatic carbocycles. The molecule has 5 heteroatoms. The largest absolute Gasteiger partial charge is 0.496 e. The van der Waals surface area contributed by atoms with Crippen molar-refractivity contribution in [3.63, 3.8) is 0 Å². The maximum Gasteiger partial charge on any atom is 0.151 e. The highest BCUT2D eigenvalue weighted by Gasteiger charge is 2.15. The zero-order valence-electron chi connectivity index (χ0n) is 10.1. The number of hydrogen-bond acceptors (Lipinski definition) is 2. The summed E-state index contributed by atoms with van der Waals surface area (Å²) in [6.45, 7) is 0. The lowest BCUT2D eigenvalue weighted by molar-refractivity contribution is 0.413. The van der Waals surface area contributed by atoms with Crippen LogP contribution in [0.15, 0.2) is 47.2 Å². The number of hydrogen-bond donors (Lipinski definition) is 0. The van der Waals surface area contributed by atoms with E-state index < -0.39 is 0 Å². The topological polar surface area (TPSA) is 26.5 Å². The van der Waals surface area contributed by atoms with Crippen molar-refractivity contribution in [1.29, 1.82) is 0 Å².